The van der Waals surface area contributed by atoms with Crippen LogP contribution in [0.25, 0.3) is 0 Å². The van der Waals surface area contributed by atoms with Gasteiger partial charge in [-0.3, -0.25) is 4.72 Å². The van der Waals surface area contributed by atoms with E-state index in [1.165, 1.54) is 0 Å². The zero-order chi connectivity index (χ0) is 13.7. The molecule has 2 aromatic rings. The fourth-order valence-electron chi connectivity index (χ4n) is 1.68. The molecule has 0 aromatic heterocycles. The van der Waals surface area contributed by atoms with Crippen LogP contribution in [0, 0.1) is 0 Å². The Morgan fingerprint density at radius 3 is 2.16 bits per heavy atom. The molecule has 0 unspecified atom stereocenters. The number of benzene rings is 2. The highest BCUT2D eigenvalue weighted by Gasteiger charge is 2.12. The number of anilines is 1. The molecule has 2 N–H and O–H groups in total. The molecule has 2 aromatic carbocycles. The van der Waals surface area contributed by atoms with Crippen molar-refractivity contribution < 1.29 is 13.5 Å². The minimum absolute atomic E-state index is 0.0785. The highest BCUT2D eigenvalue weighted by atomic mass is 32.2. The van der Waals surface area contributed by atoms with Gasteiger partial charge in [0.2, 0.25) is 0 Å². The zero-order valence-electron chi connectivity index (χ0n) is 10.3. The van der Waals surface area contributed by atoms with E-state index in [9.17, 15) is 8.42 Å². The maximum Gasteiger partial charge on any atom is 0.261 e. The molecule has 0 aliphatic heterocycles. The van der Waals surface area contributed by atoms with Crippen molar-refractivity contribution in [2.24, 2.45) is 0 Å². The molecule has 100 valence electrons. The van der Waals surface area contributed by atoms with Crippen LogP contribution in [0.3, 0.4) is 0 Å². The van der Waals surface area contributed by atoms with Gasteiger partial charge in [-0.25, -0.2) is 8.42 Å². The lowest BCUT2D eigenvalue weighted by Crippen LogP contribution is -2.12. The summed E-state index contributed by atoms with van der Waals surface area (Å²) in [4.78, 5) is 0.231. The van der Waals surface area contributed by atoms with Crippen LogP contribution in [0.15, 0.2) is 59.5 Å². The Hall–Kier alpha value is -1.85. The molecule has 0 heterocycles. The molecule has 0 aliphatic carbocycles. The first-order chi connectivity index (χ1) is 9.12. The SMILES string of the molecule is O=S(=O)(Nc1ccc(CCO)cc1)c1ccccc1. The lowest BCUT2D eigenvalue weighted by molar-refractivity contribution is 0.299. The first-order valence-corrected chi connectivity index (χ1v) is 7.38. The molecule has 5 heteroatoms. The second-order valence-electron chi connectivity index (χ2n) is 4.09. The van der Waals surface area contributed by atoms with Gasteiger partial charge in [0.15, 0.2) is 0 Å². The van der Waals surface area contributed by atoms with Crippen molar-refractivity contribution in [2.45, 2.75) is 11.3 Å². The summed E-state index contributed by atoms with van der Waals surface area (Å²) >= 11 is 0. The van der Waals surface area contributed by atoms with Crippen LogP contribution in [0.2, 0.25) is 0 Å². The first kappa shape index (κ1) is 13.6. The molecule has 0 bridgehead atoms. The van der Waals surface area contributed by atoms with E-state index < -0.39 is 10.0 Å². The number of sulfonamides is 1. The average molecular weight is 277 g/mol. The van der Waals surface area contributed by atoms with Gasteiger partial charge in [-0.1, -0.05) is 30.3 Å². The van der Waals surface area contributed by atoms with Crippen LogP contribution in [0.4, 0.5) is 5.69 Å². The summed E-state index contributed by atoms with van der Waals surface area (Å²) in [6.07, 6.45) is 0.561. The van der Waals surface area contributed by atoms with Crippen molar-refractivity contribution in [3.8, 4) is 0 Å². The molecule has 0 spiro atoms. The molecule has 0 aliphatic rings. The molecule has 4 nitrogen and oxygen atoms in total. The quantitative estimate of drug-likeness (QED) is 0.878. The fraction of sp³-hybridized carbons (Fsp3) is 0.143. The summed E-state index contributed by atoms with van der Waals surface area (Å²) in [6, 6.07) is 15.2. The van der Waals surface area contributed by atoms with Crippen molar-refractivity contribution in [3.05, 3.63) is 60.2 Å². The van der Waals surface area contributed by atoms with Gasteiger partial charge in [0.1, 0.15) is 0 Å². The average Bonchev–Trinajstić information content (AvgIpc) is 2.42. The van der Waals surface area contributed by atoms with E-state index in [-0.39, 0.29) is 11.5 Å². The molecule has 0 atom stereocenters. The van der Waals surface area contributed by atoms with E-state index in [4.69, 9.17) is 5.11 Å². The second-order valence-corrected chi connectivity index (χ2v) is 5.77. The van der Waals surface area contributed by atoms with Crippen molar-refractivity contribution in [1.29, 1.82) is 0 Å². The van der Waals surface area contributed by atoms with E-state index in [2.05, 4.69) is 4.72 Å². The van der Waals surface area contributed by atoms with Crippen LogP contribution >= 0.6 is 0 Å². The van der Waals surface area contributed by atoms with E-state index in [1.54, 1.807) is 54.6 Å². The highest BCUT2D eigenvalue weighted by Crippen LogP contribution is 2.16. The predicted molar refractivity (Wildman–Crippen MR) is 74.5 cm³/mol. The van der Waals surface area contributed by atoms with Crippen LogP contribution in [-0.4, -0.2) is 20.1 Å². The van der Waals surface area contributed by atoms with E-state index in [1.807, 2.05) is 0 Å². The second kappa shape index (κ2) is 5.86. The number of aliphatic hydroxyl groups excluding tert-OH is 1. The van der Waals surface area contributed by atoms with E-state index in [0.29, 0.717) is 12.1 Å². The normalized spacial score (nSPS) is 11.2. The summed E-state index contributed by atoms with van der Waals surface area (Å²) in [5.41, 5.74) is 1.47. The van der Waals surface area contributed by atoms with Gasteiger partial charge in [0.25, 0.3) is 10.0 Å². The van der Waals surface area contributed by atoms with Crippen LogP contribution in [-0.2, 0) is 16.4 Å². The molecule has 0 fully saturated rings. The maximum absolute atomic E-state index is 12.1. The minimum Gasteiger partial charge on any atom is -0.396 e. The lowest BCUT2D eigenvalue weighted by atomic mass is 10.1. The van der Waals surface area contributed by atoms with E-state index in [0.717, 1.165) is 5.56 Å². The number of hydrogen-bond donors (Lipinski definition) is 2. The molecule has 2 rings (SSSR count). The Kier molecular flexibility index (Phi) is 4.19. The van der Waals surface area contributed by atoms with Crippen molar-refractivity contribution >= 4 is 15.7 Å². The largest absolute Gasteiger partial charge is 0.396 e. The standard InChI is InChI=1S/C14H15NO3S/c16-11-10-12-6-8-13(9-7-12)15-19(17,18)14-4-2-1-3-5-14/h1-9,15-16H,10-11H2. The van der Waals surface area contributed by atoms with E-state index >= 15 is 0 Å². The third kappa shape index (κ3) is 3.56. The monoisotopic (exact) mass is 277 g/mol. The molecule has 19 heavy (non-hydrogen) atoms. The van der Waals surface area contributed by atoms with Crippen LogP contribution < -0.4 is 4.72 Å². The topological polar surface area (TPSA) is 66.4 Å². The maximum atomic E-state index is 12.1. The van der Waals surface area contributed by atoms with Crippen LogP contribution in [0.1, 0.15) is 5.56 Å². The molecule has 0 amide bonds. The van der Waals surface area contributed by atoms with Gasteiger partial charge >= 0.3 is 0 Å². The smallest absolute Gasteiger partial charge is 0.261 e. The van der Waals surface area contributed by atoms with Crippen LogP contribution in [0.5, 0.6) is 0 Å². The Bertz CT molecular complexity index is 622. The van der Waals surface area contributed by atoms with Gasteiger partial charge in [-0.05, 0) is 36.2 Å². The van der Waals surface area contributed by atoms with Gasteiger partial charge in [0, 0.05) is 12.3 Å². The molecular weight excluding hydrogens is 262 g/mol. The highest BCUT2D eigenvalue weighted by molar-refractivity contribution is 7.92. The van der Waals surface area contributed by atoms with Crippen molar-refractivity contribution in [3.63, 3.8) is 0 Å². The summed E-state index contributed by atoms with van der Waals surface area (Å²) in [5.74, 6) is 0. The predicted octanol–water partition coefficient (Wildman–Crippen LogP) is 2.02. The zero-order valence-corrected chi connectivity index (χ0v) is 11.1. The third-order valence-corrected chi connectivity index (χ3v) is 4.06. The Morgan fingerprint density at radius 1 is 0.947 bits per heavy atom. The first-order valence-electron chi connectivity index (χ1n) is 5.89. The Labute approximate surface area is 112 Å². The Balaban J connectivity index is 2.17. The summed E-state index contributed by atoms with van der Waals surface area (Å²) in [6.45, 7) is 0.0785. The number of aliphatic hydroxyl groups is 1. The summed E-state index contributed by atoms with van der Waals surface area (Å²) in [7, 11) is -3.54. The van der Waals surface area contributed by atoms with Gasteiger partial charge in [-0.15, -0.1) is 0 Å². The molecule has 0 saturated heterocycles. The number of hydrogen-bond acceptors (Lipinski definition) is 3. The minimum atomic E-state index is -3.54. The van der Waals surface area contributed by atoms with Crippen molar-refractivity contribution in [1.82, 2.24) is 0 Å². The number of nitrogens with one attached hydrogen (secondary N) is 1. The summed E-state index contributed by atoms with van der Waals surface area (Å²) < 4.78 is 26.6. The van der Waals surface area contributed by atoms with Crippen molar-refractivity contribution in [2.75, 3.05) is 11.3 Å². The molecule has 0 saturated carbocycles. The number of rotatable bonds is 5. The van der Waals surface area contributed by atoms with Gasteiger partial charge in [0.05, 0.1) is 4.90 Å². The fourth-order valence-corrected chi connectivity index (χ4v) is 2.76. The Morgan fingerprint density at radius 2 is 1.58 bits per heavy atom. The summed E-state index contributed by atoms with van der Waals surface area (Å²) in [5, 5.41) is 8.81. The molecule has 0 radical (unpaired) electrons. The lowest BCUT2D eigenvalue weighted by Gasteiger charge is -2.08. The third-order valence-electron chi connectivity index (χ3n) is 2.66. The van der Waals surface area contributed by atoms with Gasteiger partial charge in [-0.2, -0.15) is 0 Å². The molecular formula is C14H15NO3S. The van der Waals surface area contributed by atoms with Gasteiger partial charge < -0.3 is 5.11 Å².